The summed E-state index contributed by atoms with van der Waals surface area (Å²) in [4.78, 5) is 38.4. The molecule has 0 unspecified atom stereocenters. The molecule has 2 aromatic carbocycles. The first kappa shape index (κ1) is 16.8. The SMILES string of the molecule is O=C(CCN1C(=O)[C@H]2CCCC[C@@H]2C1=O)Oc1cccc2ccccc12. The van der Waals surface area contributed by atoms with Gasteiger partial charge in [-0.1, -0.05) is 49.2 Å². The summed E-state index contributed by atoms with van der Waals surface area (Å²) < 4.78 is 5.49. The molecule has 5 nitrogen and oxygen atoms in total. The lowest BCUT2D eigenvalue weighted by Gasteiger charge is -2.19. The molecule has 1 aliphatic carbocycles. The Morgan fingerprint density at radius 2 is 1.62 bits per heavy atom. The van der Waals surface area contributed by atoms with E-state index in [1.54, 1.807) is 6.07 Å². The van der Waals surface area contributed by atoms with E-state index in [0.717, 1.165) is 36.5 Å². The molecule has 0 radical (unpaired) electrons. The second-order valence-electron chi connectivity index (χ2n) is 7.03. The first-order valence-electron chi connectivity index (χ1n) is 9.19. The quantitative estimate of drug-likeness (QED) is 0.482. The Morgan fingerprint density at radius 1 is 0.962 bits per heavy atom. The second kappa shape index (κ2) is 6.90. The third-order valence-electron chi connectivity index (χ3n) is 5.45. The fraction of sp³-hybridized carbons (Fsp3) is 0.381. The van der Waals surface area contributed by atoms with Crippen molar-refractivity contribution in [3.63, 3.8) is 0 Å². The zero-order valence-corrected chi connectivity index (χ0v) is 14.5. The minimum absolute atomic E-state index is 0.0140. The van der Waals surface area contributed by atoms with Gasteiger partial charge in [-0.15, -0.1) is 0 Å². The number of ether oxygens (including phenoxy) is 1. The normalized spacial score (nSPS) is 22.5. The maximum atomic E-state index is 12.4. The highest BCUT2D eigenvalue weighted by atomic mass is 16.5. The molecular weight excluding hydrogens is 330 g/mol. The number of likely N-dealkylation sites (tertiary alicyclic amines) is 1. The predicted octanol–water partition coefficient (Wildman–Crippen LogP) is 3.31. The maximum absolute atomic E-state index is 12.4. The predicted molar refractivity (Wildman–Crippen MR) is 96.4 cm³/mol. The summed E-state index contributed by atoms with van der Waals surface area (Å²) in [5, 5.41) is 1.86. The number of hydrogen-bond donors (Lipinski definition) is 0. The van der Waals surface area contributed by atoms with Crippen LogP contribution in [-0.2, 0) is 14.4 Å². The lowest BCUT2D eigenvalue weighted by atomic mass is 9.81. The van der Waals surface area contributed by atoms with Crippen molar-refractivity contribution in [1.29, 1.82) is 0 Å². The van der Waals surface area contributed by atoms with Crippen molar-refractivity contribution in [3.05, 3.63) is 42.5 Å². The van der Waals surface area contributed by atoms with Crippen LogP contribution in [0.1, 0.15) is 32.1 Å². The number of amides is 2. The largest absolute Gasteiger partial charge is 0.426 e. The van der Waals surface area contributed by atoms with Crippen molar-refractivity contribution in [2.24, 2.45) is 11.8 Å². The van der Waals surface area contributed by atoms with Gasteiger partial charge >= 0.3 is 5.97 Å². The van der Waals surface area contributed by atoms with Crippen LogP contribution in [-0.4, -0.2) is 29.2 Å². The van der Waals surface area contributed by atoms with E-state index in [1.807, 2.05) is 36.4 Å². The smallest absolute Gasteiger partial charge is 0.313 e. The molecule has 5 heteroatoms. The third-order valence-corrected chi connectivity index (χ3v) is 5.45. The monoisotopic (exact) mass is 351 g/mol. The topological polar surface area (TPSA) is 63.7 Å². The van der Waals surface area contributed by atoms with E-state index in [1.165, 1.54) is 4.90 Å². The van der Waals surface area contributed by atoms with Crippen LogP contribution in [0.25, 0.3) is 10.8 Å². The number of carbonyl (C=O) groups is 3. The number of nitrogens with zero attached hydrogens (tertiary/aromatic N) is 1. The van der Waals surface area contributed by atoms with E-state index in [9.17, 15) is 14.4 Å². The molecule has 26 heavy (non-hydrogen) atoms. The molecule has 1 saturated heterocycles. The summed E-state index contributed by atoms with van der Waals surface area (Å²) in [6.07, 6.45) is 3.58. The van der Waals surface area contributed by atoms with Crippen LogP contribution in [0.15, 0.2) is 42.5 Å². The molecule has 2 aliphatic rings. The van der Waals surface area contributed by atoms with Crippen LogP contribution >= 0.6 is 0 Å². The highest BCUT2D eigenvalue weighted by Crippen LogP contribution is 2.38. The minimum atomic E-state index is -0.433. The molecule has 2 fully saturated rings. The van der Waals surface area contributed by atoms with E-state index in [0.29, 0.717) is 5.75 Å². The highest BCUT2D eigenvalue weighted by molar-refractivity contribution is 6.05. The molecule has 0 bridgehead atoms. The van der Waals surface area contributed by atoms with Gasteiger partial charge in [0.05, 0.1) is 18.3 Å². The molecule has 2 amide bonds. The minimum Gasteiger partial charge on any atom is -0.426 e. The summed E-state index contributed by atoms with van der Waals surface area (Å²) >= 11 is 0. The lowest BCUT2D eigenvalue weighted by molar-refractivity contribution is -0.141. The van der Waals surface area contributed by atoms with Gasteiger partial charge in [0.25, 0.3) is 0 Å². The van der Waals surface area contributed by atoms with Gasteiger partial charge in [-0.2, -0.15) is 0 Å². The van der Waals surface area contributed by atoms with E-state index in [2.05, 4.69) is 0 Å². The van der Waals surface area contributed by atoms with Crippen LogP contribution in [0.4, 0.5) is 0 Å². The van der Waals surface area contributed by atoms with Gasteiger partial charge in [0.1, 0.15) is 5.75 Å². The molecule has 0 N–H and O–H groups in total. The average Bonchev–Trinajstić information content (AvgIpc) is 2.91. The fourth-order valence-corrected chi connectivity index (χ4v) is 4.11. The molecule has 1 aliphatic heterocycles. The first-order chi connectivity index (χ1) is 12.6. The summed E-state index contributed by atoms with van der Waals surface area (Å²) in [6.45, 7) is 0.105. The van der Waals surface area contributed by atoms with Gasteiger partial charge in [0.15, 0.2) is 0 Å². The Labute approximate surface area is 151 Å². The number of imide groups is 1. The summed E-state index contributed by atoms with van der Waals surface area (Å²) in [5.74, 6) is -0.510. The van der Waals surface area contributed by atoms with Crippen LogP contribution in [0.5, 0.6) is 5.75 Å². The van der Waals surface area contributed by atoms with Crippen molar-refractivity contribution in [2.75, 3.05) is 6.54 Å². The number of fused-ring (bicyclic) bond motifs is 2. The van der Waals surface area contributed by atoms with Gasteiger partial charge in [-0.3, -0.25) is 19.3 Å². The molecule has 0 aromatic heterocycles. The number of hydrogen-bond acceptors (Lipinski definition) is 4. The summed E-state index contributed by atoms with van der Waals surface area (Å²) in [7, 11) is 0. The van der Waals surface area contributed by atoms with Crippen molar-refractivity contribution < 1.29 is 19.1 Å². The summed E-state index contributed by atoms with van der Waals surface area (Å²) in [6, 6.07) is 13.2. The number of esters is 1. The maximum Gasteiger partial charge on any atom is 0.313 e. The standard InChI is InChI=1S/C21H21NO4/c23-19(26-18-11-5-7-14-6-1-2-8-15(14)18)12-13-22-20(24)16-9-3-4-10-17(16)21(22)25/h1-2,5-8,11,16-17H,3-4,9-10,12-13H2/t16-,17-/m0/s1. The van der Waals surface area contributed by atoms with E-state index < -0.39 is 5.97 Å². The van der Waals surface area contributed by atoms with Crippen molar-refractivity contribution in [1.82, 2.24) is 4.90 Å². The first-order valence-corrected chi connectivity index (χ1v) is 9.19. The average molecular weight is 351 g/mol. The zero-order chi connectivity index (χ0) is 18.1. The van der Waals surface area contributed by atoms with Crippen LogP contribution in [0.2, 0.25) is 0 Å². The van der Waals surface area contributed by atoms with E-state index in [4.69, 9.17) is 4.74 Å². The Bertz CT molecular complexity index is 846. The molecule has 0 spiro atoms. The molecule has 1 saturated carbocycles. The van der Waals surface area contributed by atoms with E-state index >= 15 is 0 Å². The van der Waals surface area contributed by atoms with Gasteiger partial charge in [-0.25, -0.2) is 0 Å². The Morgan fingerprint density at radius 3 is 2.35 bits per heavy atom. The highest BCUT2D eigenvalue weighted by Gasteiger charge is 2.47. The molecule has 4 rings (SSSR count). The third kappa shape index (κ3) is 2.98. The fourth-order valence-electron chi connectivity index (χ4n) is 4.11. The van der Waals surface area contributed by atoms with Crippen molar-refractivity contribution >= 4 is 28.6 Å². The Balaban J connectivity index is 1.41. The van der Waals surface area contributed by atoms with Crippen LogP contribution in [0, 0.1) is 11.8 Å². The van der Waals surface area contributed by atoms with Gasteiger partial charge < -0.3 is 4.74 Å². The second-order valence-corrected chi connectivity index (χ2v) is 7.03. The number of rotatable bonds is 4. The molecule has 2 aromatic rings. The molecular formula is C21H21NO4. The van der Waals surface area contributed by atoms with Gasteiger partial charge in [0, 0.05) is 11.9 Å². The van der Waals surface area contributed by atoms with Gasteiger partial charge in [0.2, 0.25) is 11.8 Å². The van der Waals surface area contributed by atoms with Crippen LogP contribution in [0.3, 0.4) is 0 Å². The van der Waals surface area contributed by atoms with Crippen molar-refractivity contribution in [2.45, 2.75) is 32.1 Å². The Kier molecular flexibility index (Phi) is 4.45. The molecule has 1 heterocycles. The summed E-state index contributed by atoms with van der Waals surface area (Å²) in [5.41, 5.74) is 0. The number of carbonyl (C=O) groups excluding carboxylic acids is 3. The molecule has 2 atom stereocenters. The van der Waals surface area contributed by atoms with E-state index in [-0.39, 0.29) is 36.6 Å². The lowest BCUT2D eigenvalue weighted by Crippen LogP contribution is -2.33. The Hall–Kier alpha value is -2.69. The van der Waals surface area contributed by atoms with Crippen molar-refractivity contribution in [3.8, 4) is 5.75 Å². The number of benzene rings is 2. The van der Waals surface area contributed by atoms with Gasteiger partial charge in [-0.05, 0) is 24.3 Å². The van der Waals surface area contributed by atoms with Crippen LogP contribution < -0.4 is 4.74 Å². The molecule has 134 valence electrons. The zero-order valence-electron chi connectivity index (χ0n) is 14.5.